The van der Waals surface area contributed by atoms with Gasteiger partial charge in [-0.25, -0.2) is 0 Å². The minimum absolute atomic E-state index is 0.178. The summed E-state index contributed by atoms with van der Waals surface area (Å²) in [5.74, 6) is -1.11. The molecule has 0 radical (unpaired) electrons. The quantitative estimate of drug-likeness (QED) is 0.627. The van der Waals surface area contributed by atoms with Crippen molar-refractivity contribution in [2.75, 3.05) is 6.54 Å². The number of hydrogen-bond acceptors (Lipinski definition) is 2. The van der Waals surface area contributed by atoms with E-state index in [-0.39, 0.29) is 5.56 Å². The van der Waals surface area contributed by atoms with Gasteiger partial charge in [0.1, 0.15) is 6.04 Å². The van der Waals surface area contributed by atoms with Crippen molar-refractivity contribution in [1.29, 1.82) is 0 Å². The van der Waals surface area contributed by atoms with E-state index in [1.54, 1.807) is 4.90 Å². The van der Waals surface area contributed by atoms with Crippen molar-refractivity contribution < 1.29 is 36.2 Å². The molecule has 1 fully saturated rings. The maximum Gasteiger partial charge on any atom is 0.416 e. The molecule has 30 heavy (non-hydrogen) atoms. The molecule has 1 aliphatic heterocycles. The molecule has 1 saturated heterocycles. The molecule has 3 nitrogen and oxygen atoms in total. The Morgan fingerprint density at radius 1 is 0.900 bits per heavy atom. The number of piperidine rings is 1. The van der Waals surface area contributed by atoms with Crippen molar-refractivity contribution in [3.63, 3.8) is 0 Å². The lowest BCUT2D eigenvalue weighted by atomic mass is 9.90. The Kier molecular flexibility index (Phi) is 6.12. The van der Waals surface area contributed by atoms with E-state index in [9.17, 15) is 36.2 Å². The fourth-order valence-electron chi connectivity index (χ4n) is 3.84. The van der Waals surface area contributed by atoms with Gasteiger partial charge in [-0.05, 0) is 54.8 Å². The van der Waals surface area contributed by atoms with Gasteiger partial charge in [0.05, 0.1) is 17.2 Å². The number of alkyl halides is 6. The third-order valence-electron chi connectivity index (χ3n) is 5.24. The molecule has 0 aliphatic carbocycles. The molecular weight excluding hydrogens is 412 g/mol. The molecule has 1 heterocycles. The van der Waals surface area contributed by atoms with Crippen molar-refractivity contribution >= 4 is 5.97 Å². The van der Waals surface area contributed by atoms with E-state index >= 15 is 0 Å². The Balaban J connectivity index is 2.11. The number of aliphatic carboxylic acids is 1. The van der Waals surface area contributed by atoms with Crippen molar-refractivity contribution in [2.45, 2.75) is 43.7 Å². The van der Waals surface area contributed by atoms with Crippen LogP contribution in [-0.2, 0) is 17.1 Å². The highest BCUT2D eigenvalue weighted by atomic mass is 19.4. The van der Waals surface area contributed by atoms with Gasteiger partial charge in [0.25, 0.3) is 0 Å². The zero-order chi connectivity index (χ0) is 22.1. The molecule has 1 N–H and O–H groups in total. The van der Waals surface area contributed by atoms with Crippen LogP contribution in [0.1, 0.15) is 47.6 Å². The summed E-state index contributed by atoms with van der Waals surface area (Å²) in [6, 6.07) is 6.72. The summed E-state index contributed by atoms with van der Waals surface area (Å²) in [4.78, 5) is 13.3. The van der Waals surface area contributed by atoms with Gasteiger partial charge >= 0.3 is 18.3 Å². The van der Waals surface area contributed by atoms with E-state index in [1.165, 1.54) is 24.3 Å². The molecule has 0 spiro atoms. The first kappa shape index (κ1) is 22.1. The molecule has 0 bridgehead atoms. The number of halogens is 6. The average molecular weight is 431 g/mol. The van der Waals surface area contributed by atoms with Crippen LogP contribution >= 0.6 is 0 Å². The largest absolute Gasteiger partial charge is 0.480 e. The number of carboxylic acid groups (broad SMARTS) is 1. The first-order chi connectivity index (χ1) is 14.0. The smallest absolute Gasteiger partial charge is 0.416 e. The van der Waals surface area contributed by atoms with Crippen molar-refractivity contribution in [3.05, 3.63) is 70.8 Å². The molecule has 2 unspecified atom stereocenters. The SMILES string of the molecule is O=C(O)C1CCCCN1C(c1ccc(C(F)(F)F)cc1)c1cccc(C(F)(F)F)c1. The number of nitrogens with zero attached hydrogens (tertiary/aromatic N) is 1. The predicted octanol–water partition coefficient (Wildman–Crippen LogP) is 5.75. The first-order valence-corrected chi connectivity index (χ1v) is 9.31. The van der Waals surface area contributed by atoms with Crippen LogP contribution in [0.25, 0.3) is 0 Å². The summed E-state index contributed by atoms with van der Waals surface area (Å²) >= 11 is 0. The average Bonchev–Trinajstić information content (AvgIpc) is 2.68. The molecule has 9 heteroatoms. The molecular formula is C21H19F6NO2. The van der Waals surface area contributed by atoms with Gasteiger partial charge in [0, 0.05) is 0 Å². The van der Waals surface area contributed by atoms with Crippen molar-refractivity contribution in [1.82, 2.24) is 4.90 Å². The number of likely N-dealkylation sites (tertiary alicyclic amines) is 1. The van der Waals surface area contributed by atoms with E-state index in [4.69, 9.17) is 0 Å². The molecule has 2 aromatic carbocycles. The lowest BCUT2D eigenvalue weighted by Gasteiger charge is -2.39. The van der Waals surface area contributed by atoms with E-state index in [0.717, 1.165) is 24.3 Å². The van der Waals surface area contributed by atoms with Crippen molar-refractivity contribution in [3.8, 4) is 0 Å². The summed E-state index contributed by atoms with van der Waals surface area (Å²) in [5, 5.41) is 9.62. The van der Waals surface area contributed by atoms with Crippen LogP contribution in [0.15, 0.2) is 48.5 Å². The van der Waals surface area contributed by atoms with Gasteiger partial charge in [-0.15, -0.1) is 0 Å². The molecule has 0 amide bonds. The van der Waals surface area contributed by atoms with Crippen LogP contribution in [0, 0.1) is 0 Å². The summed E-state index contributed by atoms with van der Waals surface area (Å²) in [7, 11) is 0. The molecule has 0 saturated carbocycles. The molecule has 0 aromatic heterocycles. The van der Waals surface area contributed by atoms with Crippen LogP contribution in [0.2, 0.25) is 0 Å². The third-order valence-corrected chi connectivity index (χ3v) is 5.24. The van der Waals surface area contributed by atoms with Gasteiger partial charge in [0.15, 0.2) is 0 Å². The maximum absolute atomic E-state index is 13.2. The van der Waals surface area contributed by atoms with E-state index in [0.29, 0.717) is 31.4 Å². The number of hydrogen-bond donors (Lipinski definition) is 1. The zero-order valence-electron chi connectivity index (χ0n) is 15.7. The van der Waals surface area contributed by atoms with Gasteiger partial charge < -0.3 is 5.11 Å². The highest BCUT2D eigenvalue weighted by Crippen LogP contribution is 2.38. The molecule has 162 valence electrons. The second-order valence-corrected chi connectivity index (χ2v) is 7.23. The van der Waals surface area contributed by atoms with Crippen LogP contribution in [0.3, 0.4) is 0 Å². The molecule has 3 rings (SSSR count). The van der Waals surface area contributed by atoms with Crippen LogP contribution in [0.4, 0.5) is 26.3 Å². The Morgan fingerprint density at radius 2 is 1.53 bits per heavy atom. The fraction of sp³-hybridized carbons (Fsp3) is 0.381. The summed E-state index contributed by atoms with van der Waals surface area (Å²) in [6.07, 6.45) is -7.56. The lowest BCUT2D eigenvalue weighted by Crippen LogP contribution is -2.46. The normalized spacial score (nSPS) is 19.5. The Morgan fingerprint density at radius 3 is 2.10 bits per heavy atom. The molecule has 1 aliphatic rings. The number of rotatable bonds is 4. The minimum atomic E-state index is -4.60. The second-order valence-electron chi connectivity index (χ2n) is 7.23. The summed E-state index contributed by atoms with van der Waals surface area (Å²) < 4.78 is 78.5. The number of carboxylic acids is 1. The lowest BCUT2D eigenvalue weighted by molar-refractivity contribution is -0.145. The molecule has 2 atom stereocenters. The molecule has 2 aromatic rings. The van der Waals surface area contributed by atoms with Crippen molar-refractivity contribution in [2.24, 2.45) is 0 Å². The number of carbonyl (C=O) groups is 1. The van der Waals surface area contributed by atoms with Gasteiger partial charge in [-0.2, -0.15) is 26.3 Å². The van der Waals surface area contributed by atoms with Gasteiger partial charge in [-0.1, -0.05) is 30.7 Å². The van der Waals surface area contributed by atoms with E-state index in [1.807, 2.05) is 0 Å². The standard InChI is InChI=1S/C21H19F6NO2/c22-20(23,24)15-9-7-13(8-10-15)18(28-11-2-1-6-17(28)19(29)30)14-4-3-5-16(12-14)21(25,26)27/h3-5,7-10,12,17-18H,1-2,6,11H2,(H,29,30). The highest BCUT2D eigenvalue weighted by Gasteiger charge is 2.37. The van der Waals surface area contributed by atoms with Crippen LogP contribution in [-0.4, -0.2) is 28.6 Å². The summed E-state index contributed by atoms with van der Waals surface area (Å²) in [6.45, 7) is 0.304. The Labute approximate surface area is 168 Å². The van der Waals surface area contributed by atoms with Gasteiger partial charge in [0.2, 0.25) is 0 Å². The summed E-state index contributed by atoms with van der Waals surface area (Å²) in [5.41, 5.74) is -1.31. The third kappa shape index (κ3) is 4.77. The monoisotopic (exact) mass is 431 g/mol. The number of benzene rings is 2. The highest BCUT2D eigenvalue weighted by molar-refractivity contribution is 5.73. The van der Waals surface area contributed by atoms with Crippen LogP contribution in [0.5, 0.6) is 0 Å². The maximum atomic E-state index is 13.2. The van der Waals surface area contributed by atoms with E-state index < -0.39 is 41.5 Å². The topological polar surface area (TPSA) is 40.5 Å². The van der Waals surface area contributed by atoms with Gasteiger partial charge in [-0.3, -0.25) is 9.69 Å². The first-order valence-electron chi connectivity index (χ1n) is 9.31. The zero-order valence-corrected chi connectivity index (χ0v) is 15.7. The fourth-order valence-corrected chi connectivity index (χ4v) is 3.84. The van der Waals surface area contributed by atoms with Crippen LogP contribution < -0.4 is 0 Å². The predicted molar refractivity (Wildman–Crippen MR) is 96.7 cm³/mol. The Bertz CT molecular complexity index is 892. The van der Waals surface area contributed by atoms with E-state index in [2.05, 4.69) is 0 Å². The Hall–Kier alpha value is -2.55. The minimum Gasteiger partial charge on any atom is -0.480 e. The second kappa shape index (κ2) is 8.29.